The van der Waals surface area contributed by atoms with E-state index >= 15 is 0 Å². The quantitative estimate of drug-likeness (QED) is 0.556. The molecule has 0 atom stereocenters. The smallest absolute Gasteiger partial charge is 0.227 e. The van der Waals surface area contributed by atoms with Crippen LogP contribution in [0.5, 0.6) is 0 Å². The average molecular weight is 402 g/mol. The minimum Gasteiger partial charge on any atom is -0.378 e. The molecule has 150 valence electrons. The normalized spacial score (nSPS) is 14.1. The number of morpholine rings is 1. The summed E-state index contributed by atoms with van der Waals surface area (Å²) in [7, 11) is 0. The molecule has 1 saturated heterocycles. The molecule has 4 aromatic rings. The van der Waals surface area contributed by atoms with Crippen molar-refractivity contribution in [2.75, 3.05) is 36.5 Å². The first-order valence-corrected chi connectivity index (χ1v) is 9.70. The standard InChI is InChI=1S/C22H19FN6O/c23-17-3-1-2-15(12-17)20-21-16(6-7-24-20)13-26-22(28-21)27-18-4-5-19(25-14-18)29-8-10-30-11-9-29/h1-7,12-14H,8-11H2,(H,26,27,28). The summed E-state index contributed by atoms with van der Waals surface area (Å²) in [5, 5.41) is 4.02. The lowest BCUT2D eigenvalue weighted by Gasteiger charge is -2.27. The van der Waals surface area contributed by atoms with Crippen LogP contribution in [0.4, 0.5) is 21.8 Å². The summed E-state index contributed by atoms with van der Waals surface area (Å²) >= 11 is 0. The van der Waals surface area contributed by atoms with Crippen molar-refractivity contribution in [3.05, 3.63) is 66.9 Å². The van der Waals surface area contributed by atoms with Crippen molar-refractivity contribution in [2.45, 2.75) is 0 Å². The molecule has 1 N–H and O–H groups in total. The predicted molar refractivity (Wildman–Crippen MR) is 113 cm³/mol. The molecular formula is C22H19FN6O. The Kier molecular flexibility index (Phi) is 4.90. The number of fused-ring (bicyclic) bond motifs is 1. The fourth-order valence-electron chi connectivity index (χ4n) is 3.43. The lowest BCUT2D eigenvalue weighted by Crippen LogP contribution is -2.36. The third kappa shape index (κ3) is 3.77. The molecule has 0 bridgehead atoms. The fraction of sp³-hybridized carbons (Fsp3) is 0.182. The van der Waals surface area contributed by atoms with Crippen LogP contribution >= 0.6 is 0 Å². The zero-order chi connectivity index (χ0) is 20.3. The lowest BCUT2D eigenvalue weighted by atomic mass is 10.1. The van der Waals surface area contributed by atoms with Gasteiger partial charge in [0, 0.05) is 36.4 Å². The molecule has 5 rings (SSSR count). The van der Waals surface area contributed by atoms with Crippen molar-refractivity contribution in [1.29, 1.82) is 0 Å². The van der Waals surface area contributed by atoms with Crippen LogP contribution in [0.15, 0.2) is 61.1 Å². The lowest BCUT2D eigenvalue weighted by molar-refractivity contribution is 0.122. The number of benzene rings is 1. The van der Waals surface area contributed by atoms with Gasteiger partial charge >= 0.3 is 0 Å². The molecule has 1 aliphatic rings. The predicted octanol–water partition coefficient (Wildman–Crippen LogP) is 3.81. The summed E-state index contributed by atoms with van der Waals surface area (Å²) in [6, 6.07) is 12.1. The van der Waals surface area contributed by atoms with E-state index in [1.54, 1.807) is 24.7 Å². The molecule has 1 aliphatic heterocycles. The number of halogens is 1. The van der Waals surface area contributed by atoms with Crippen molar-refractivity contribution in [3.63, 3.8) is 0 Å². The molecule has 30 heavy (non-hydrogen) atoms. The monoisotopic (exact) mass is 402 g/mol. The SMILES string of the molecule is Fc1cccc(-c2nccc3cnc(Nc4ccc(N5CCOCC5)nc4)nc23)c1. The van der Waals surface area contributed by atoms with Crippen LogP contribution in [0.2, 0.25) is 0 Å². The van der Waals surface area contributed by atoms with E-state index < -0.39 is 0 Å². The number of anilines is 3. The number of nitrogens with one attached hydrogen (secondary N) is 1. The van der Waals surface area contributed by atoms with Gasteiger partial charge in [0.25, 0.3) is 0 Å². The second-order valence-electron chi connectivity index (χ2n) is 6.93. The summed E-state index contributed by atoms with van der Waals surface area (Å²) in [6.45, 7) is 3.11. The highest BCUT2D eigenvalue weighted by Gasteiger charge is 2.13. The number of hydrogen-bond donors (Lipinski definition) is 1. The van der Waals surface area contributed by atoms with E-state index in [4.69, 9.17) is 4.74 Å². The Balaban J connectivity index is 1.43. The maximum atomic E-state index is 13.7. The minimum atomic E-state index is -0.315. The van der Waals surface area contributed by atoms with Gasteiger partial charge < -0.3 is 15.0 Å². The Morgan fingerprint density at radius 1 is 0.967 bits per heavy atom. The van der Waals surface area contributed by atoms with Gasteiger partial charge in [-0.1, -0.05) is 12.1 Å². The van der Waals surface area contributed by atoms with Crippen molar-refractivity contribution in [3.8, 4) is 11.3 Å². The van der Waals surface area contributed by atoms with Crippen molar-refractivity contribution < 1.29 is 9.13 Å². The number of ether oxygens (including phenoxy) is 1. The van der Waals surface area contributed by atoms with Gasteiger partial charge in [-0.2, -0.15) is 0 Å². The molecule has 0 amide bonds. The van der Waals surface area contributed by atoms with E-state index in [1.165, 1.54) is 12.1 Å². The first kappa shape index (κ1) is 18.4. The summed E-state index contributed by atoms with van der Waals surface area (Å²) in [6.07, 6.45) is 5.16. The molecule has 7 nitrogen and oxygen atoms in total. The van der Waals surface area contributed by atoms with Crippen LogP contribution < -0.4 is 10.2 Å². The van der Waals surface area contributed by atoms with Crippen LogP contribution in [0.3, 0.4) is 0 Å². The highest BCUT2D eigenvalue weighted by atomic mass is 19.1. The van der Waals surface area contributed by atoms with Gasteiger partial charge in [0.1, 0.15) is 17.2 Å². The van der Waals surface area contributed by atoms with E-state index in [1.807, 2.05) is 24.3 Å². The third-order valence-electron chi connectivity index (χ3n) is 4.94. The number of aromatic nitrogens is 4. The Labute approximate surface area is 172 Å². The topological polar surface area (TPSA) is 76.1 Å². The van der Waals surface area contributed by atoms with Crippen LogP contribution in [0.1, 0.15) is 0 Å². The second-order valence-corrected chi connectivity index (χ2v) is 6.93. The molecule has 1 aromatic carbocycles. The average Bonchev–Trinajstić information content (AvgIpc) is 2.80. The van der Waals surface area contributed by atoms with Gasteiger partial charge in [-0.05, 0) is 30.3 Å². The number of pyridine rings is 2. The molecule has 1 fully saturated rings. The minimum absolute atomic E-state index is 0.315. The van der Waals surface area contributed by atoms with E-state index in [-0.39, 0.29) is 5.82 Å². The zero-order valence-corrected chi connectivity index (χ0v) is 16.1. The molecule has 0 spiro atoms. The van der Waals surface area contributed by atoms with Gasteiger partial charge in [-0.15, -0.1) is 0 Å². The van der Waals surface area contributed by atoms with Gasteiger partial charge in [0.15, 0.2) is 0 Å². The summed E-state index contributed by atoms with van der Waals surface area (Å²) in [4.78, 5) is 20.2. The second kappa shape index (κ2) is 8.00. The van der Waals surface area contributed by atoms with Gasteiger partial charge in [0.2, 0.25) is 5.95 Å². The van der Waals surface area contributed by atoms with Gasteiger partial charge in [-0.25, -0.2) is 19.3 Å². The Morgan fingerprint density at radius 2 is 1.87 bits per heavy atom. The number of hydrogen-bond acceptors (Lipinski definition) is 7. The van der Waals surface area contributed by atoms with Crippen LogP contribution in [0.25, 0.3) is 22.2 Å². The molecule has 0 saturated carbocycles. The molecule has 0 aliphatic carbocycles. The summed E-state index contributed by atoms with van der Waals surface area (Å²) < 4.78 is 19.1. The Hall–Kier alpha value is -3.65. The first-order valence-electron chi connectivity index (χ1n) is 9.70. The van der Waals surface area contributed by atoms with Crippen LogP contribution in [-0.2, 0) is 4.74 Å². The Morgan fingerprint density at radius 3 is 2.67 bits per heavy atom. The molecular weight excluding hydrogens is 383 g/mol. The van der Waals surface area contributed by atoms with E-state index in [9.17, 15) is 4.39 Å². The van der Waals surface area contributed by atoms with Crippen molar-refractivity contribution >= 4 is 28.4 Å². The molecule has 0 unspecified atom stereocenters. The highest BCUT2D eigenvalue weighted by molar-refractivity contribution is 5.91. The van der Waals surface area contributed by atoms with E-state index in [0.29, 0.717) is 35.9 Å². The van der Waals surface area contributed by atoms with Crippen LogP contribution in [0, 0.1) is 5.82 Å². The van der Waals surface area contributed by atoms with Crippen LogP contribution in [-0.4, -0.2) is 46.2 Å². The number of nitrogens with zero attached hydrogens (tertiary/aromatic N) is 5. The zero-order valence-electron chi connectivity index (χ0n) is 16.1. The van der Waals surface area contributed by atoms with E-state index in [2.05, 4.69) is 30.2 Å². The number of rotatable bonds is 4. The molecule has 8 heteroatoms. The third-order valence-corrected chi connectivity index (χ3v) is 4.94. The molecule has 4 heterocycles. The molecule has 3 aromatic heterocycles. The largest absolute Gasteiger partial charge is 0.378 e. The maximum absolute atomic E-state index is 13.7. The van der Waals surface area contributed by atoms with Gasteiger partial charge in [-0.3, -0.25) is 4.98 Å². The van der Waals surface area contributed by atoms with Crippen molar-refractivity contribution in [1.82, 2.24) is 19.9 Å². The Bertz CT molecular complexity index is 1180. The maximum Gasteiger partial charge on any atom is 0.227 e. The van der Waals surface area contributed by atoms with E-state index in [0.717, 1.165) is 30.0 Å². The van der Waals surface area contributed by atoms with Crippen molar-refractivity contribution in [2.24, 2.45) is 0 Å². The first-order chi connectivity index (χ1) is 14.8. The fourth-order valence-corrected chi connectivity index (χ4v) is 3.43. The highest BCUT2D eigenvalue weighted by Crippen LogP contribution is 2.26. The molecule has 0 radical (unpaired) electrons. The summed E-state index contributed by atoms with van der Waals surface area (Å²) in [5.74, 6) is 1.03. The summed E-state index contributed by atoms with van der Waals surface area (Å²) in [5.41, 5.74) is 2.71. The van der Waals surface area contributed by atoms with Gasteiger partial charge in [0.05, 0.1) is 30.8 Å².